The second-order valence-electron chi connectivity index (χ2n) is 4.58. The van der Waals surface area contributed by atoms with Crippen molar-refractivity contribution in [3.8, 4) is 5.75 Å². The predicted octanol–water partition coefficient (Wildman–Crippen LogP) is 3.93. The van der Waals surface area contributed by atoms with Gasteiger partial charge in [0.15, 0.2) is 0 Å². The van der Waals surface area contributed by atoms with E-state index in [1.54, 1.807) is 7.11 Å². The zero-order valence-corrected chi connectivity index (χ0v) is 11.8. The summed E-state index contributed by atoms with van der Waals surface area (Å²) in [7, 11) is 1.64. The number of halogens is 1. The van der Waals surface area contributed by atoms with Gasteiger partial charge in [0.2, 0.25) is 0 Å². The maximum absolute atomic E-state index is 10.3. The monoisotopic (exact) mass is 276 g/mol. The van der Waals surface area contributed by atoms with E-state index in [1.807, 2.05) is 49.4 Å². The fourth-order valence-corrected chi connectivity index (χ4v) is 2.13. The van der Waals surface area contributed by atoms with E-state index >= 15 is 0 Å². The van der Waals surface area contributed by atoms with Crippen molar-refractivity contribution in [3.05, 3.63) is 64.2 Å². The molecule has 0 aliphatic rings. The molecule has 1 unspecified atom stereocenters. The van der Waals surface area contributed by atoms with Gasteiger partial charge in [-0.05, 0) is 41.8 Å². The molecule has 0 radical (unpaired) electrons. The third kappa shape index (κ3) is 3.49. The van der Waals surface area contributed by atoms with Crippen molar-refractivity contribution in [2.24, 2.45) is 0 Å². The molecule has 0 amide bonds. The van der Waals surface area contributed by atoms with Crippen LogP contribution in [0.25, 0.3) is 0 Å². The highest BCUT2D eigenvalue weighted by molar-refractivity contribution is 6.31. The molecule has 2 aromatic carbocycles. The fraction of sp³-hybridized carbons (Fsp3) is 0.250. The fourth-order valence-electron chi connectivity index (χ4n) is 2.02. The molecular formula is C16H17ClO2. The van der Waals surface area contributed by atoms with Crippen LogP contribution in [0.3, 0.4) is 0 Å². The lowest BCUT2D eigenvalue weighted by Gasteiger charge is -2.13. The summed E-state index contributed by atoms with van der Waals surface area (Å²) >= 11 is 5.99. The molecule has 0 saturated heterocycles. The number of aliphatic hydroxyl groups is 1. The summed E-state index contributed by atoms with van der Waals surface area (Å²) in [4.78, 5) is 0. The number of aliphatic hydroxyl groups excluding tert-OH is 1. The second kappa shape index (κ2) is 6.09. The summed E-state index contributed by atoms with van der Waals surface area (Å²) in [5, 5.41) is 11.0. The van der Waals surface area contributed by atoms with E-state index in [0.717, 1.165) is 27.5 Å². The van der Waals surface area contributed by atoms with Gasteiger partial charge in [-0.15, -0.1) is 0 Å². The van der Waals surface area contributed by atoms with E-state index in [-0.39, 0.29) is 0 Å². The van der Waals surface area contributed by atoms with Gasteiger partial charge in [-0.3, -0.25) is 0 Å². The van der Waals surface area contributed by atoms with Crippen LogP contribution in [-0.2, 0) is 6.42 Å². The van der Waals surface area contributed by atoms with Crippen molar-refractivity contribution in [2.75, 3.05) is 7.11 Å². The Bertz CT molecular complexity index is 566. The summed E-state index contributed by atoms with van der Waals surface area (Å²) in [6.45, 7) is 1.93. The van der Waals surface area contributed by atoms with E-state index in [4.69, 9.17) is 16.3 Å². The molecule has 1 atom stereocenters. The first-order chi connectivity index (χ1) is 9.10. The smallest absolute Gasteiger partial charge is 0.119 e. The first-order valence-corrected chi connectivity index (χ1v) is 6.55. The lowest BCUT2D eigenvalue weighted by Crippen LogP contribution is -2.02. The minimum absolute atomic E-state index is 0.539. The molecule has 19 heavy (non-hydrogen) atoms. The van der Waals surface area contributed by atoms with Gasteiger partial charge in [-0.25, -0.2) is 0 Å². The van der Waals surface area contributed by atoms with E-state index in [2.05, 4.69) is 0 Å². The zero-order chi connectivity index (χ0) is 13.8. The third-order valence-corrected chi connectivity index (χ3v) is 3.55. The van der Waals surface area contributed by atoms with E-state index in [0.29, 0.717) is 6.42 Å². The normalized spacial score (nSPS) is 12.2. The van der Waals surface area contributed by atoms with Gasteiger partial charge in [-0.1, -0.05) is 35.9 Å². The lowest BCUT2D eigenvalue weighted by atomic mass is 10.00. The maximum atomic E-state index is 10.3. The number of aryl methyl sites for hydroxylation is 1. The molecule has 1 N–H and O–H groups in total. The van der Waals surface area contributed by atoms with Crippen LogP contribution in [0.15, 0.2) is 42.5 Å². The number of hydrogen-bond donors (Lipinski definition) is 1. The number of hydrogen-bond acceptors (Lipinski definition) is 2. The van der Waals surface area contributed by atoms with Gasteiger partial charge in [0.25, 0.3) is 0 Å². The molecule has 2 rings (SSSR count). The molecule has 0 aliphatic carbocycles. The molecular weight excluding hydrogens is 260 g/mol. The number of rotatable bonds is 4. The van der Waals surface area contributed by atoms with Crippen LogP contribution in [-0.4, -0.2) is 12.2 Å². The number of benzene rings is 2. The van der Waals surface area contributed by atoms with Crippen molar-refractivity contribution < 1.29 is 9.84 Å². The average Bonchev–Trinajstić information content (AvgIpc) is 2.42. The van der Waals surface area contributed by atoms with E-state index in [1.165, 1.54) is 0 Å². The van der Waals surface area contributed by atoms with Crippen molar-refractivity contribution in [3.63, 3.8) is 0 Å². The zero-order valence-electron chi connectivity index (χ0n) is 11.1. The van der Waals surface area contributed by atoms with Gasteiger partial charge in [0, 0.05) is 11.4 Å². The summed E-state index contributed by atoms with van der Waals surface area (Å²) < 4.78 is 5.18. The summed E-state index contributed by atoms with van der Waals surface area (Å²) in [5.41, 5.74) is 2.90. The van der Waals surface area contributed by atoms with Crippen LogP contribution in [0.1, 0.15) is 22.8 Å². The first-order valence-electron chi connectivity index (χ1n) is 6.17. The topological polar surface area (TPSA) is 29.5 Å². The highest BCUT2D eigenvalue weighted by atomic mass is 35.5. The molecule has 0 saturated carbocycles. The molecule has 0 aromatic heterocycles. The Hall–Kier alpha value is -1.51. The average molecular weight is 277 g/mol. The molecule has 100 valence electrons. The Morgan fingerprint density at radius 1 is 1.21 bits per heavy atom. The van der Waals surface area contributed by atoms with E-state index < -0.39 is 6.10 Å². The molecule has 0 spiro atoms. The van der Waals surface area contributed by atoms with Crippen molar-refractivity contribution in [1.29, 1.82) is 0 Å². The third-order valence-electron chi connectivity index (χ3n) is 3.13. The lowest BCUT2D eigenvalue weighted by molar-refractivity contribution is 0.178. The molecule has 0 bridgehead atoms. The summed E-state index contributed by atoms with van der Waals surface area (Å²) in [5.74, 6) is 0.803. The molecule has 0 fully saturated rings. The van der Waals surface area contributed by atoms with Gasteiger partial charge in [0.05, 0.1) is 13.2 Å². The van der Waals surface area contributed by atoms with Crippen LogP contribution in [0, 0.1) is 6.92 Å². The van der Waals surface area contributed by atoms with Crippen molar-refractivity contribution in [2.45, 2.75) is 19.4 Å². The van der Waals surface area contributed by atoms with Crippen LogP contribution >= 0.6 is 11.6 Å². The van der Waals surface area contributed by atoms with Crippen LogP contribution in [0.5, 0.6) is 5.75 Å². The summed E-state index contributed by atoms with van der Waals surface area (Å²) in [6.07, 6.45) is 0.0150. The number of ether oxygens (including phenoxy) is 1. The molecule has 2 aromatic rings. The Morgan fingerprint density at radius 2 is 2.00 bits per heavy atom. The van der Waals surface area contributed by atoms with Gasteiger partial charge < -0.3 is 9.84 Å². The quantitative estimate of drug-likeness (QED) is 0.917. The van der Waals surface area contributed by atoms with Crippen molar-refractivity contribution >= 4 is 11.6 Å². The molecule has 0 aliphatic heterocycles. The van der Waals surface area contributed by atoms with Gasteiger partial charge in [-0.2, -0.15) is 0 Å². The minimum atomic E-state index is -0.539. The Labute approximate surface area is 118 Å². The maximum Gasteiger partial charge on any atom is 0.119 e. The van der Waals surface area contributed by atoms with Gasteiger partial charge in [0.1, 0.15) is 5.75 Å². The molecule has 3 heteroatoms. The second-order valence-corrected chi connectivity index (χ2v) is 4.99. The SMILES string of the molecule is COc1cccc(CC(O)c2ccc(Cl)c(C)c2)c1. The first kappa shape index (κ1) is 13.9. The van der Waals surface area contributed by atoms with Crippen LogP contribution in [0.4, 0.5) is 0 Å². The van der Waals surface area contributed by atoms with Gasteiger partial charge >= 0.3 is 0 Å². The number of methoxy groups -OCH3 is 1. The largest absolute Gasteiger partial charge is 0.497 e. The summed E-state index contributed by atoms with van der Waals surface area (Å²) in [6, 6.07) is 13.3. The van der Waals surface area contributed by atoms with Crippen LogP contribution in [0.2, 0.25) is 5.02 Å². The Balaban J connectivity index is 2.15. The molecule has 0 heterocycles. The minimum Gasteiger partial charge on any atom is -0.497 e. The highest BCUT2D eigenvalue weighted by Gasteiger charge is 2.10. The highest BCUT2D eigenvalue weighted by Crippen LogP contribution is 2.24. The standard InChI is InChI=1S/C16H17ClO2/c1-11-8-13(6-7-15(11)17)16(18)10-12-4-3-5-14(9-12)19-2/h3-9,16,18H,10H2,1-2H3. The Morgan fingerprint density at radius 3 is 2.68 bits per heavy atom. The molecule has 2 nitrogen and oxygen atoms in total. The van der Waals surface area contributed by atoms with Crippen molar-refractivity contribution in [1.82, 2.24) is 0 Å². The van der Waals surface area contributed by atoms with Crippen LogP contribution < -0.4 is 4.74 Å². The van der Waals surface area contributed by atoms with E-state index in [9.17, 15) is 5.11 Å². The Kier molecular flexibility index (Phi) is 4.46. The predicted molar refractivity (Wildman–Crippen MR) is 77.8 cm³/mol.